The first-order valence-corrected chi connectivity index (χ1v) is 11.4. The van der Waals surface area contributed by atoms with Gasteiger partial charge in [-0.2, -0.15) is 0 Å². The van der Waals surface area contributed by atoms with Gasteiger partial charge in [-0.3, -0.25) is 4.79 Å². The van der Waals surface area contributed by atoms with Gasteiger partial charge in [-0.1, -0.05) is 60.7 Å². The van der Waals surface area contributed by atoms with Crippen LogP contribution in [-0.2, 0) is 12.1 Å². The largest absolute Gasteiger partial charge is 0.373 e. The van der Waals surface area contributed by atoms with Gasteiger partial charge >= 0.3 is 0 Å². The van der Waals surface area contributed by atoms with E-state index in [4.69, 9.17) is 10.7 Å². The van der Waals surface area contributed by atoms with E-state index in [1.807, 2.05) is 95.3 Å². The van der Waals surface area contributed by atoms with Crippen molar-refractivity contribution in [1.29, 1.82) is 0 Å². The molecule has 1 amide bonds. The van der Waals surface area contributed by atoms with E-state index in [0.717, 1.165) is 28.6 Å². The molecule has 4 aromatic rings. The molecule has 6 nitrogen and oxygen atoms in total. The zero-order valence-corrected chi connectivity index (χ0v) is 18.7. The molecule has 6 heteroatoms. The Morgan fingerprint density at radius 1 is 1.06 bits per heavy atom. The number of hydrogen-bond acceptors (Lipinski definition) is 4. The predicted octanol–water partition coefficient (Wildman–Crippen LogP) is 3.51. The number of carbonyl (C=O) groups is 1. The van der Waals surface area contributed by atoms with E-state index in [1.165, 1.54) is 0 Å². The van der Waals surface area contributed by atoms with Crippen LogP contribution in [0.15, 0.2) is 78.9 Å². The Labute approximate surface area is 193 Å². The summed E-state index contributed by atoms with van der Waals surface area (Å²) in [4.78, 5) is 19.8. The number of nitrogens with zero attached hydrogens (tertiary/aromatic N) is 3. The topological polar surface area (TPSA) is 84.4 Å². The third kappa shape index (κ3) is 3.61. The third-order valence-corrected chi connectivity index (χ3v) is 6.53. The van der Waals surface area contributed by atoms with Gasteiger partial charge in [0, 0.05) is 31.2 Å². The molecule has 0 saturated carbocycles. The van der Waals surface area contributed by atoms with Crippen LogP contribution < -0.4 is 5.73 Å². The Bertz CT molecular complexity index is 1240. The van der Waals surface area contributed by atoms with Gasteiger partial charge in [0.25, 0.3) is 5.91 Å². The molecule has 0 radical (unpaired) electrons. The summed E-state index contributed by atoms with van der Waals surface area (Å²) in [5, 5.41) is 12.2. The van der Waals surface area contributed by atoms with Crippen molar-refractivity contribution in [1.82, 2.24) is 14.5 Å². The number of aliphatic hydroxyl groups is 1. The normalized spacial score (nSPS) is 16.5. The summed E-state index contributed by atoms with van der Waals surface area (Å²) in [5.74, 6) is 0.516. The average molecular weight is 441 g/mol. The maximum absolute atomic E-state index is 13.1. The molecule has 3 N–H and O–H groups in total. The molecular formula is C27H28N4O2. The molecule has 1 saturated heterocycles. The van der Waals surface area contributed by atoms with Crippen molar-refractivity contribution >= 4 is 16.9 Å². The van der Waals surface area contributed by atoms with Crippen molar-refractivity contribution in [2.75, 3.05) is 13.1 Å². The molecule has 3 aromatic carbocycles. The van der Waals surface area contributed by atoms with Crippen LogP contribution in [0.25, 0.3) is 11.0 Å². The molecular weight excluding hydrogens is 412 g/mol. The number of rotatable bonds is 5. The molecule has 33 heavy (non-hydrogen) atoms. The minimum Gasteiger partial charge on any atom is -0.373 e. The first-order chi connectivity index (χ1) is 16.0. The molecule has 5 rings (SSSR count). The number of imidazole rings is 1. The summed E-state index contributed by atoms with van der Waals surface area (Å²) in [5.41, 5.74) is 8.22. The Kier molecular flexibility index (Phi) is 5.48. The van der Waals surface area contributed by atoms with Crippen molar-refractivity contribution in [2.45, 2.75) is 31.5 Å². The fourth-order valence-corrected chi connectivity index (χ4v) is 4.79. The van der Waals surface area contributed by atoms with Crippen LogP contribution >= 0.6 is 0 Å². The van der Waals surface area contributed by atoms with E-state index < -0.39 is 5.60 Å². The Morgan fingerprint density at radius 3 is 2.24 bits per heavy atom. The lowest BCUT2D eigenvalue weighted by atomic mass is 9.85. The molecule has 1 fully saturated rings. The highest BCUT2D eigenvalue weighted by Gasteiger charge is 2.39. The number of hydrogen-bond donors (Lipinski definition) is 2. The summed E-state index contributed by atoms with van der Waals surface area (Å²) >= 11 is 0. The number of nitrogens with two attached hydrogens (primary N) is 1. The van der Waals surface area contributed by atoms with Crippen LogP contribution in [0.4, 0.5) is 0 Å². The minimum atomic E-state index is -1.44. The molecule has 1 aliphatic rings. The maximum Gasteiger partial charge on any atom is 0.253 e. The van der Waals surface area contributed by atoms with Crippen molar-refractivity contribution in [3.63, 3.8) is 0 Å². The molecule has 168 valence electrons. The summed E-state index contributed by atoms with van der Waals surface area (Å²) in [6.45, 7) is 3.88. The zero-order chi connectivity index (χ0) is 23.0. The second kappa shape index (κ2) is 8.46. The Hall–Kier alpha value is -3.48. The van der Waals surface area contributed by atoms with Crippen LogP contribution in [0.2, 0.25) is 0 Å². The molecule has 0 spiro atoms. The van der Waals surface area contributed by atoms with E-state index in [0.29, 0.717) is 31.0 Å². The van der Waals surface area contributed by atoms with Gasteiger partial charge in [0.2, 0.25) is 0 Å². The zero-order valence-electron chi connectivity index (χ0n) is 18.7. The minimum absolute atomic E-state index is 0.0170. The van der Waals surface area contributed by atoms with E-state index in [1.54, 1.807) is 0 Å². The molecule has 1 aromatic heterocycles. The van der Waals surface area contributed by atoms with Crippen LogP contribution in [0, 0.1) is 0 Å². The smallest absolute Gasteiger partial charge is 0.253 e. The molecule has 0 bridgehead atoms. The fourth-order valence-electron chi connectivity index (χ4n) is 4.79. The highest BCUT2D eigenvalue weighted by Crippen LogP contribution is 2.37. The van der Waals surface area contributed by atoms with Crippen molar-refractivity contribution in [3.05, 3.63) is 101 Å². The Morgan fingerprint density at radius 2 is 1.70 bits per heavy atom. The standard InChI is InChI=1S/C27H28N4O2/c1-2-31-24-17-19(25(32)30-16-15-22(28)18-30)13-14-23(24)29-26(31)27(33,20-9-5-3-6-10-20)21-11-7-4-8-12-21/h3-14,17,22,33H,2,15-16,18,28H2,1H3. The number of fused-ring (bicyclic) bond motifs is 1. The highest BCUT2D eigenvalue weighted by atomic mass is 16.3. The first-order valence-electron chi connectivity index (χ1n) is 11.4. The van der Waals surface area contributed by atoms with Gasteiger partial charge in [0.05, 0.1) is 11.0 Å². The van der Waals surface area contributed by atoms with Gasteiger partial charge in [-0.05, 0) is 42.7 Å². The van der Waals surface area contributed by atoms with E-state index in [9.17, 15) is 9.90 Å². The SMILES string of the molecule is CCn1c(C(O)(c2ccccc2)c2ccccc2)nc2ccc(C(=O)N3CCC(N)C3)cc21. The lowest BCUT2D eigenvalue weighted by molar-refractivity contribution is 0.0791. The van der Waals surface area contributed by atoms with Gasteiger partial charge in [-0.15, -0.1) is 0 Å². The average Bonchev–Trinajstić information content (AvgIpc) is 3.47. The summed E-state index contributed by atoms with van der Waals surface area (Å²) in [6.07, 6.45) is 0.826. The predicted molar refractivity (Wildman–Crippen MR) is 129 cm³/mol. The molecule has 0 aliphatic carbocycles. The second-order valence-corrected chi connectivity index (χ2v) is 8.63. The summed E-state index contributed by atoms with van der Waals surface area (Å²) < 4.78 is 2.00. The van der Waals surface area contributed by atoms with Gasteiger partial charge in [0.15, 0.2) is 11.4 Å². The number of aryl methyl sites for hydroxylation is 1. The lowest BCUT2D eigenvalue weighted by Crippen LogP contribution is -2.32. The number of benzene rings is 3. The lowest BCUT2D eigenvalue weighted by Gasteiger charge is -2.29. The summed E-state index contributed by atoms with van der Waals surface area (Å²) in [7, 11) is 0. The monoisotopic (exact) mass is 440 g/mol. The van der Waals surface area contributed by atoms with Crippen LogP contribution in [0.3, 0.4) is 0 Å². The fraction of sp³-hybridized carbons (Fsp3) is 0.259. The molecule has 1 unspecified atom stereocenters. The van der Waals surface area contributed by atoms with Crippen molar-refractivity contribution < 1.29 is 9.90 Å². The number of carbonyl (C=O) groups excluding carboxylic acids is 1. The van der Waals surface area contributed by atoms with Crippen molar-refractivity contribution in [3.8, 4) is 0 Å². The van der Waals surface area contributed by atoms with E-state index >= 15 is 0 Å². The number of aromatic nitrogens is 2. The Balaban J connectivity index is 1.67. The summed E-state index contributed by atoms with van der Waals surface area (Å²) in [6, 6.07) is 24.8. The number of amides is 1. The van der Waals surface area contributed by atoms with Gasteiger partial charge < -0.3 is 20.3 Å². The van der Waals surface area contributed by atoms with Crippen molar-refractivity contribution in [2.24, 2.45) is 5.73 Å². The first kappa shape index (κ1) is 21.4. The van der Waals surface area contributed by atoms with Gasteiger partial charge in [-0.25, -0.2) is 4.98 Å². The second-order valence-electron chi connectivity index (χ2n) is 8.63. The van der Waals surface area contributed by atoms with Crippen LogP contribution in [0.5, 0.6) is 0 Å². The number of likely N-dealkylation sites (tertiary alicyclic amines) is 1. The molecule has 2 heterocycles. The van der Waals surface area contributed by atoms with Crippen LogP contribution in [0.1, 0.15) is 40.7 Å². The maximum atomic E-state index is 13.1. The molecule has 1 aliphatic heterocycles. The van der Waals surface area contributed by atoms with Gasteiger partial charge in [0.1, 0.15) is 0 Å². The quantitative estimate of drug-likeness (QED) is 0.497. The van der Waals surface area contributed by atoms with E-state index in [-0.39, 0.29) is 11.9 Å². The van der Waals surface area contributed by atoms with E-state index in [2.05, 4.69) is 0 Å². The third-order valence-electron chi connectivity index (χ3n) is 6.53. The highest BCUT2D eigenvalue weighted by molar-refractivity contribution is 5.97. The van der Waals surface area contributed by atoms with Crippen LogP contribution in [-0.4, -0.2) is 44.6 Å². The molecule has 1 atom stereocenters.